The number of unbranched alkanes of at least 4 members (excludes halogenated alkanes) is 26. The van der Waals surface area contributed by atoms with E-state index >= 15 is 0 Å². The van der Waals surface area contributed by atoms with Crippen LogP contribution in [0.15, 0.2) is 12.2 Å². The summed E-state index contributed by atoms with van der Waals surface area (Å²) in [6, 6.07) is 0. The van der Waals surface area contributed by atoms with Gasteiger partial charge in [-0.05, 0) is 57.8 Å². The van der Waals surface area contributed by atoms with Gasteiger partial charge in [-0.3, -0.25) is 0 Å². The Morgan fingerprint density at radius 2 is 0.915 bits per heavy atom. The van der Waals surface area contributed by atoms with Crippen molar-refractivity contribution in [3.8, 4) is 0 Å². The lowest BCUT2D eigenvalue weighted by atomic mass is 10.0. The summed E-state index contributed by atoms with van der Waals surface area (Å²) in [5.41, 5.74) is 0. The lowest BCUT2D eigenvalue weighted by molar-refractivity contribution is 0.0789. The molecule has 5 heteroatoms. The van der Waals surface area contributed by atoms with Gasteiger partial charge in [0.1, 0.15) is 6.10 Å². The summed E-state index contributed by atoms with van der Waals surface area (Å²) in [4.78, 5) is 12.5. The SMILES string of the molecule is CCCCCCCC/C=C\CCCCCCCC(CCCCCCCCCCCCCCCCCC)OC(=O)NCCCOCCO. The third-order valence-electron chi connectivity index (χ3n) is 9.41. The molecule has 0 aromatic carbocycles. The van der Waals surface area contributed by atoms with Crippen LogP contribution in [0.2, 0.25) is 0 Å². The third-order valence-corrected chi connectivity index (χ3v) is 9.41. The first-order valence-corrected chi connectivity index (χ1v) is 21.0. The summed E-state index contributed by atoms with van der Waals surface area (Å²) in [5, 5.41) is 11.7. The average molecular weight is 666 g/mol. The molecule has 2 N–H and O–H groups in total. The largest absolute Gasteiger partial charge is 0.446 e. The highest BCUT2D eigenvalue weighted by Crippen LogP contribution is 2.18. The molecular formula is C42H83NO4. The molecule has 280 valence electrons. The van der Waals surface area contributed by atoms with Crippen molar-refractivity contribution >= 4 is 6.09 Å². The number of hydrogen-bond donors (Lipinski definition) is 2. The second kappa shape index (κ2) is 41.1. The third kappa shape index (κ3) is 39.3. The van der Waals surface area contributed by atoms with E-state index in [1.54, 1.807) is 0 Å². The molecule has 0 aliphatic carbocycles. The first-order chi connectivity index (χ1) is 23.2. The summed E-state index contributed by atoms with van der Waals surface area (Å²) in [6.07, 6.45) is 46.2. The molecule has 1 amide bonds. The zero-order chi connectivity index (χ0) is 34.1. The average Bonchev–Trinajstić information content (AvgIpc) is 3.07. The molecule has 0 fully saturated rings. The zero-order valence-electron chi connectivity index (χ0n) is 31.9. The Morgan fingerprint density at radius 3 is 1.32 bits per heavy atom. The van der Waals surface area contributed by atoms with Crippen LogP contribution >= 0.6 is 0 Å². The van der Waals surface area contributed by atoms with Gasteiger partial charge >= 0.3 is 6.09 Å². The molecule has 0 aliphatic rings. The van der Waals surface area contributed by atoms with Gasteiger partial charge in [-0.15, -0.1) is 0 Å². The zero-order valence-corrected chi connectivity index (χ0v) is 31.9. The van der Waals surface area contributed by atoms with Gasteiger partial charge in [0.2, 0.25) is 0 Å². The quantitative estimate of drug-likeness (QED) is 0.0506. The minimum atomic E-state index is -0.290. The molecule has 0 rings (SSSR count). The first-order valence-electron chi connectivity index (χ1n) is 21.0. The van der Waals surface area contributed by atoms with Crippen LogP contribution < -0.4 is 5.32 Å². The van der Waals surface area contributed by atoms with Crippen LogP contribution in [-0.4, -0.2) is 43.7 Å². The maximum absolute atomic E-state index is 12.5. The Morgan fingerprint density at radius 1 is 0.532 bits per heavy atom. The fourth-order valence-corrected chi connectivity index (χ4v) is 6.35. The monoisotopic (exact) mass is 666 g/mol. The van der Waals surface area contributed by atoms with Gasteiger partial charge in [-0.2, -0.15) is 0 Å². The molecule has 0 saturated carbocycles. The number of aliphatic hydroxyl groups excluding tert-OH is 1. The Hall–Kier alpha value is -1.07. The molecule has 0 bridgehead atoms. The molecule has 0 aliphatic heterocycles. The predicted molar refractivity (Wildman–Crippen MR) is 204 cm³/mol. The second-order valence-electron chi connectivity index (χ2n) is 14.1. The van der Waals surface area contributed by atoms with E-state index in [1.165, 1.54) is 173 Å². The van der Waals surface area contributed by atoms with Crippen LogP contribution in [-0.2, 0) is 9.47 Å². The van der Waals surface area contributed by atoms with Crippen molar-refractivity contribution in [1.82, 2.24) is 5.32 Å². The van der Waals surface area contributed by atoms with Crippen LogP contribution in [0.4, 0.5) is 4.79 Å². The van der Waals surface area contributed by atoms with E-state index in [0.717, 1.165) is 32.1 Å². The molecule has 0 saturated heterocycles. The van der Waals surface area contributed by atoms with Gasteiger partial charge in [-0.25, -0.2) is 4.79 Å². The standard InChI is InChI=1S/C42H83NO4/c1-3-5-7-9-11-13-15-17-19-21-23-25-27-29-31-33-36-41(47-42(45)43-37-34-39-46-40-38-44)35-32-30-28-26-24-22-20-18-16-14-12-10-8-6-4-2/h18,20,41,44H,3-17,19,21-40H2,1-2H3,(H,43,45)/b20-18-. The summed E-state index contributed by atoms with van der Waals surface area (Å²) < 4.78 is 11.2. The summed E-state index contributed by atoms with van der Waals surface area (Å²) in [5.74, 6) is 0. The molecule has 0 aromatic heterocycles. The van der Waals surface area contributed by atoms with E-state index < -0.39 is 0 Å². The molecule has 47 heavy (non-hydrogen) atoms. The van der Waals surface area contributed by atoms with Gasteiger partial charge in [0.15, 0.2) is 0 Å². The number of carbonyl (C=O) groups is 1. The fourth-order valence-electron chi connectivity index (χ4n) is 6.35. The number of nitrogens with one attached hydrogen (secondary N) is 1. The van der Waals surface area contributed by atoms with E-state index in [9.17, 15) is 4.79 Å². The van der Waals surface area contributed by atoms with Crippen LogP contribution in [0.5, 0.6) is 0 Å². The first kappa shape index (κ1) is 45.9. The lowest BCUT2D eigenvalue weighted by Crippen LogP contribution is -2.30. The van der Waals surface area contributed by atoms with Gasteiger partial charge < -0.3 is 19.9 Å². The highest BCUT2D eigenvalue weighted by Gasteiger charge is 2.14. The molecule has 0 aromatic rings. The van der Waals surface area contributed by atoms with Crippen molar-refractivity contribution in [1.29, 1.82) is 0 Å². The topological polar surface area (TPSA) is 67.8 Å². The van der Waals surface area contributed by atoms with Crippen molar-refractivity contribution in [3.63, 3.8) is 0 Å². The number of rotatable bonds is 39. The van der Waals surface area contributed by atoms with E-state index in [4.69, 9.17) is 14.6 Å². The van der Waals surface area contributed by atoms with Gasteiger partial charge in [0.25, 0.3) is 0 Å². The van der Waals surface area contributed by atoms with Crippen LogP contribution in [0.3, 0.4) is 0 Å². The molecule has 5 nitrogen and oxygen atoms in total. The van der Waals surface area contributed by atoms with Gasteiger partial charge in [0.05, 0.1) is 13.2 Å². The number of amides is 1. The van der Waals surface area contributed by atoms with Crippen LogP contribution in [0, 0.1) is 0 Å². The predicted octanol–water partition coefficient (Wildman–Crippen LogP) is 13.2. The molecular weight excluding hydrogens is 582 g/mol. The number of allylic oxidation sites excluding steroid dienone is 2. The van der Waals surface area contributed by atoms with Crippen LogP contribution in [0.1, 0.15) is 219 Å². The molecule has 1 atom stereocenters. The maximum atomic E-state index is 12.5. The Labute approximate surface area is 294 Å². The Balaban J connectivity index is 3.99. The summed E-state index contributed by atoms with van der Waals surface area (Å²) >= 11 is 0. The number of carbonyl (C=O) groups excluding carboxylic acids is 1. The fraction of sp³-hybridized carbons (Fsp3) is 0.929. The number of ether oxygens (including phenoxy) is 2. The minimum Gasteiger partial charge on any atom is -0.446 e. The normalized spacial score (nSPS) is 12.2. The maximum Gasteiger partial charge on any atom is 0.407 e. The van der Waals surface area contributed by atoms with E-state index in [2.05, 4.69) is 31.3 Å². The van der Waals surface area contributed by atoms with Crippen molar-refractivity contribution in [2.75, 3.05) is 26.4 Å². The van der Waals surface area contributed by atoms with Crippen molar-refractivity contribution in [3.05, 3.63) is 12.2 Å². The summed E-state index contributed by atoms with van der Waals surface area (Å²) in [6.45, 7) is 6.04. The minimum absolute atomic E-state index is 0.0252. The molecule has 1 unspecified atom stereocenters. The Kier molecular flexibility index (Phi) is 40.2. The second-order valence-corrected chi connectivity index (χ2v) is 14.1. The van der Waals surface area contributed by atoms with Crippen molar-refractivity contribution in [2.45, 2.75) is 225 Å². The highest BCUT2D eigenvalue weighted by atomic mass is 16.6. The number of alkyl carbamates (subject to hydrolysis) is 1. The summed E-state index contributed by atoms with van der Waals surface area (Å²) in [7, 11) is 0. The van der Waals surface area contributed by atoms with E-state index in [0.29, 0.717) is 19.8 Å². The van der Waals surface area contributed by atoms with Crippen LogP contribution in [0.25, 0.3) is 0 Å². The Bertz CT molecular complexity index is 626. The van der Waals surface area contributed by atoms with E-state index in [1.807, 2.05) is 0 Å². The van der Waals surface area contributed by atoms with Gasteiger partial charge in [-0.1, -0.05) is 174 Å². The molecule has 0 spiro atoms. The molecule has 0 heterocycles. The molecule has 0 radical (unpaired) electrons. The van der Waals surface area contributed by atoms with Gasteiger partial charge in [0, 0.05) is 13.2 Å². The number of aliphatic hydroxyl groups is 1. The smallest absolute Gasteiger partial charge is 0.407 e. The number of hydrogen-bond acceptors (Lipinski definition) is 4. The van der Waals surface area contributed by atoms with E-state index in [-0.39, 0.29) is 18.8 Å². The lowest BCUT2D eigenvalue weighted by Gasteiger charge is -2.18. The van der Waals surface area contributed by atoms with Crippen molar-refractivity contribution < 1.29 is 19.4 Å². The van der Waals surface area contributed by atoms with Crippen molar-refractivity contribution in [2.24, 2.45) is 0 Å². The highest BCUT2D eigenvalue weighted by molar-refractivity contribution is 5.67.